The maximum atomic E-state index is 12.8. The number of amides is 1. The minimum absolute atomic E-state index is 0.0627. The van der Waals surface area contributed by atoms with E-state index >= 15 is 0 Å². The molecule has 5 atom stereocenters. The van der Waals surface area contributed by atoms with Crippen LogP contribution in [0.2, 0.25) is 0 Å². The van der Waals surface area contributed by atoms with Crippen molar-refractivity contribution in [3.8, 4) is 0 Å². The topological polar surface area (TPSA) is 57.6 Å². The summed E-state index contributed by atoms with van der Waals surface area (Å²) in [6.45, 7) is 2.03. The summed E-state index contributed by atoms with van der Waals surface area (Å²) in [5.74, 6) is 1.16. The summed E-state index contributed by atoms with van der Waals surface area (Å²) >= 11 is 1.62. The molecule has 3 fully saturated rings. The lowest BCUT2D eigenvalue weighted by Gasteiger charge is -2.32. The van der Waals surface area contributed by atoms with Crippen LogP contribution in [0.25, 0.3) is 0 Å². The van der Waals surface area contributed by atoms with Gasteiger partial charge < -0.3 is 10.0 Å². The van der Waals surface area contributed by atoms with Gasteiger partial charge in [0.05, 0.1) is 5.37 Å². The van der Waals surface area contributed by atoms with Crippen molar-refractivity contribution in [2.45, 2.75) is 50.4 Å². The SMILES string of the molecule is CCC1SCC(C(=O)O)N1C(=O)C1CC2CCC1C2. The first-order valence-electron chi connectivity index (χ1n) is 7.28. The number of carbonyl (C=O) groups excluding carboxylic acids is 1. The fourth-order valence-electron chi connectivity index (χ4n) is 4.10. The van der Waals surface area contributed by atoms with Gasteiger partial charge in [-0.1, -0.05) is 13.3 Å². The van der Waals surface area contributed by atoms with Crippen molar-refractivity contribution in [3.63, 3.8) is 0 Å². The number of carboxylic acids is 1. The van der Waals surface area contributed by atoms with Crippen LogP contribution in [0, 0.1) is 17.8 Å². The minimum atomic E-state index is -0.847. The van der Waals surface area contributed by atoms with Gasteiger partial charge in [-0.25, -0.2) is 4.79 Å². The van der Waals surface area contributed by atoms with Gasteiger partial charge in [-0.15, -0.1) is 11.8 Å². The van der Waals surface area contributed by atoms with Crippen molar-refractivity contribution < 1.29 is 14.7 Å². The van der Waals surface area contributed by atoms with Crippen LogP contribution in [0.1, 0.15) is 39.0 Å². The summed E-state index contributed by atoms with van der Waals surface area (Å²) in [7, 11) is 0. The highest BCUT2D eigenvalue weighted by atomic mass is 32.2. The Labute approximate surface area is 117 Å². The van der Waals surface area contributed by atoms with E-state index in [-0.39, 0.29) is 17.2 Å². The second-order valence-electron chi connectivity index (χ2n) is 6.08. The molecular weight excluding hydrogens is 262 g/mol. The van der Waals surface area contributed by atoms with Crippen LogP contribution in [-0.4, -0.2) is 39.1 Å². The zero-order valence-corrected chi connectivity index (χ0v) is 12.1. The molecule has 0 radical (unpaired) electrons. The maximum absolute atomic E-state index is 12.8. The molecule has 106 valence electrons. The van der Waals surface area contributed by atoms with E-state index in [1.54, 1.807) is 16.7 Å². The molecule has 1 heterocycles. The van der Waals surface area contributed by atoms with E-state index in [0.29, 0.717) is 11.7 Å². The largest absolute Gasteiger partial charge is 0.480 e. The second kappa shape index (κ2) is 5.00. The van der Waals surface area contributed by atoms with E-state index in [1.165, 1.54) is 12.8 Å². The van der Waals surface area contributed by atoms with Gasteiger partial charge >= 0.3 is 5.97 Å². The molecule has 2 bridgehead atoms. The highest BCUT2D eigenvalue weighted by Gasteiger charge is 2.49. The zero-order valence-electron chi connectivity index (χ0n) is 11.2. The molecule has 5 heteroatoms. The Hall–Kier alpha value is -0.710. The van der Waals surface area contributed by atoms with Gasteiger partial charge in [0, 0.05) is 11.7 Å². The van der Waals surface area contributed by atoms with Crippen molar-refractivity contribution in [3.05, 3.63) is 0 Å². The van der Waals surface area contributed by atoms with Crippen molar-refractivity contribution in [2.24, 2.45) is 17.8 Å². The Morgan fingerprint density at radius 1 is 1.32 bits per heavy atom. The Morgan fingerprint density at radius 2 is 2.11 bits per heavy atom. The normalized spacial score (nSPS) is 40.9. The van der Waals surface area contributed by atoms with Crippen LogP contribution in [0.5, 0.6) is 0 Å². The molecular formula is C14H21NO3S. The number of hydrogen-bond donors (Lipinski definition) is 1. The number of carboxylic acid groups (broad SMARTS) is 1. The molecule has 0 spiro atoms. The standard InChI is InChI=1S/C14H21NO3S/c1-2-12-15(11(7-19-12)14(17)18)13(16)10-6-8-3-4-9(10)5-8/h8-12H,2-7H2,1H3,(H,17,18). The molecule has 4 nitrogen and oxygen atoms in total. The number of fused-ring (bicyclic) bond motifs is 2. The molecule has 0 aromatic rings. The summed E-state index contributed by atoms with van der Waals surface area (Å²) in [6, 6.07) is -0.610. The van der Waals surface area contributed by atoms with Crippen LogP contribution >= 0.6 is 11.8 Å². The predicted molar refractivity (Wildman–Crippen MR) is 73.7 cm³/mol. The molecule has 1 aliphatic heterocycles. The van der Waals surface area contributed by atoms with Gasteiger partial charge in [-0.2, -0.15) is 0 Å². The third kappa shape index (κ3) is 2.16. The average molecular weight is 283 g/mol. The molecule has 5 unspecified atom stereocenters. The van der Waals surface area contributed by atoms with Gasteiger partial charge in [0.1, 0.15) is 6.04 Å². The molecule has 2 saturated carbocycles. The Kier molecular flexibility index (Phi) is 3.50. The molecule has 1 amide bonds. The monoisotopic (exact) mass is 283 g/mol. The van der Waals surface area contributed by atoms with E-state index in [0.717, 1.165) is 25.2 Å². The van der Waals surface area contributed by atoms with Crippen LogP contribution in [-0.2, 0) is 9.59 Å². The number of rotatable bonds is 3. The zero-order chi connectivity index (χ0) is 13.6. The molecule has 1 N–H and O–H groups in total. The van der Waals surface area contributed by atoms with Crippen LogP contribution in [0.3, 0.4) is 0 Å². The molecule has 0 aromatic heterocycles. The first-order valence-corrected chi connectivity index (χ1v) is 8.33. The molecule has 19 heavy (non-hydrogen) atoms. The summed E-state index contributed by atoms with van der Waals surface area (Å²) in [5.41, 5.74) is 0. The minimum Gasteiger partial charge on any atom is -0.480 e. The Morgan fingerprint density at radius 3 is 2.63 bits per heavy atom. The second-order valence-corrected chi connectivity index (χ2v) is 7.29. The van der Waals surface area contributed by atoms with E-state index in [2.05, 4.69) is 0 Å². The van der Waals surface area contributed by atoms with Crippen LogP contribution in [0.15, 0.2) is 0 Å². The fraction of sp³-hybridized carbons (Fsp3) is 0.857. The molecule has 2 aliphatic carbocycles. The third-order valence-electron chi connectivity index (χ3n) is 5.04. The van der Waals surface area contributed by atoms with E-state index in [4.69, 9.17) is 0 Å². The first-order chi connectivity index (χ1) is 9.11. The Balaban J connectivity index is 1.78. The number of aliphatic carboxylic acids is 1. The molecule has 0 aromatic carbocycles. The number of thioether (sulfide) groups is 1. The number of hydrogen-bond acceptors (Lipinski definition) is 3. The van der Waals surface area contributed by atoms with Crippen molar-refractivity contribution >= 4 is 23.6 Å². The highest BCUT2D eigenvalue weighted by Crippen LogP contribution is 2.50. The molecule has 3 rings (SSSR count). The van der Waals surface area contributed by atoms with E-state index in [1.807, 2.05) is 6.92 Å². The van der Waals surface area contributed by atoms with E-state index in [9.17, 15) is 14.7 Å². The summed E-state index contributed by atoms with van der Waals surface area (Å²) in [6.07, 6.45) is 5.44. The van der Waals surface area contributed by atoms with Gasteiger partial charge in [0.25, 0.3) is 0 Å². The van der Waals surface area contributed by atoms with Gasteiger partial charge in [-0.3, -0.25) is 4.79 Å². The highest BCUT2D eigenvalue weighted by molar-refractivity contribution is 8.00. The summed E-state index contributed by atoms with van der Waals surface area (Å²) < 4.78 is 0. The van der Waals surface area contributed by atoms with Gasteiger partial charge in [0.15, 0.2) is 0 Å². The lowest BCUT2D eigenvalue weighted by atomic mass is 9.87. The quantitative estimate of drug-likeness (QED) is 0.862. The van der Waals surface area contributed by atoms with Crippen LogP contribution in [0.4, 0.5) is 0 Å². The Bertz CT molecular complexity index is 400. The number of carbonyl (C=O) groups is 2. The average Bonchev–Trinajstić information content (AvgIpc) is 3.11. The van der Waals surface area contributed by atoms with Crippen molar-refractivity contribution in [1.82, 2.24) is 4.90 Å². The smallest absolute Gasteiger partial charge is 0.327 e. The fourth-order valence-corrected chi connectivity index (χ4v) is 5.46. The summed E-state index contributed by atoms with van der Waals surface area (Å²) in [4.78, 5) is 25.8. The summed E-state index contributed by atoms with van der Waals surface area (Å²) in [5, 5.41) is 9.38. The molecule has 3 aliphatic rings. The van der Waals surface area contributed by atoms with E-state index < -0.39 is 12.0 Å². The van der Waals surface area contributed by atoms with Gasteiger partial charge in [0.2, 0.25) is 5.91 Å². The third-order valence-corrected chi connectivity index (χ3v) is 6.49. The van der Waals surface area contributed by atoms with Gasteiger partial charge in [-0.05, 0) is 37.5 Å². The van der Waals surface area contributed by atoms with Crippen molar-refractivity contribution in [1.29, 1.82) is 0 Å². The lowest BCUT2D eigenvalue weighted by molar-refractivity contribution is -0.151. The first kappa shape index (κ1) is 13.3. The number of nitrogens with zero attached hydrogens (tertiary/aromatic N) is 1. The lowest BCUT2D eigenvalue weighted by Crippen LogP contribution is -2.48. The van der Waals surface area contributed by atoms with Crippen molar-refractivity contribution in [2.75, 3.05) is 5.75 Å². The predicted octanol–water partition coefficient (Wildman–Crippen LogP) is 2.19. The maximum Gasteiger partial charge on any atom is 0.327 e. The molecule has 1 saturated heterocycles. The van der Waals surface area contributed by atoms with Crippen LogP contribution < -0.4 is 0 Å².